The van der Waals surface area contributed by atoms with Crippen LogP contribution in [0.15, 0.2) is 0 Å². The van der Waals surface area contributed by atoms with Gasteiger partial charge < -0.3 is 15.0 Å². The molecule has 0 aromatic heterocycles. The maximum atomic E-state index is 12.2. The first kappa shape index (κ1) is 13.7. The van der Waals surface area contributed by atoms with Gasteiger partial charge in [-0.1, -0.05) is 0 Å². The fourth-order valence-electron chi connectivity index (χ4n) is 3.16. The second-order valence-corrected chi connectivity index (χ2v) is 6.57. The molecule has 2 heterocycles. The standard InChI is InChI=1S/C14H26N2O2/c1-10-11-6-5-8-15-12(11)7-9-16(10)13(17)18-14(2,3)4/h10-12,15H,5-9H2,1-4H3. The molecule has 0 saturated carbocycles. The highest BCUT2D eigenvalue weighted by Gasteiger charge is 2.39. The van der Waals surface area contributed by atoms with E-state index >= 15 is 0 Å². The minimum atomic E-state index is -0.404. The van der Waals surface area contributed by atoms with E-state index in [9.17, 15) is 4.79 Å². The van der Waals surface area contributed by atoms with E-state index in [0.29, 0.717) is 12.0 Å². The smallest absolute Gasteiger partial charge is 0.410 e. The Morgan fingerprint density at radius 2 is 2.06 bits per heavy atom. The molecule has 0 spiro atoms. The predicted octanol–water partition coefficient (Wildman–Crippen LogP) is 2.38. The normalized spacial score (nSPS) is 32.9. The highest BCUT2D eigenvalue weighted by atomic mass is 16.6. The van der Waals surface area contributed by atoms with Crippen LogP contribution in [-0.2, 0) is 4.74 Å². The number of rotatable bonds is 0. The molecule has 0 aliphatic carbocycles. The van der Waals surface area contributed by atoms with Crippen molar-refractivity contribution in [2.45, 2.75) is 64.6 Å². The summed E-state index contributed by atoms with van der Waals surface area (Å²) in [4.78, 5) is 14.1. The van der Waals surface area contributed by atoms with Crippen molar-refractivity contribution in [3.63, 3.8) is 0 Å². The summed E-state index contributed by atoms with van der Waals surface area (Å²) in [5.41, 5.74) is -0.404. The quantitative estimate of drug-likeness (QED) is 0.721. The summed E-state index contributed by atoms with van der Waals surface area (Å²) in [5, 5.41) is 3.58. The van der Waals surface area contributed by atoms with Gasteiger partial charge in [0.25, 0.3) is 0 Å². The number of nitrogens with one attached hydrogen (secondary N) is 1. The number of ether oxygens (including phenoxy) is 1. The van der Waals surface area contributed by atoms with Crippen LogP contribution in [0.1, 0.15) is 47.0 Å². The van der Waals surface area contributed by atoms with E-state index in [0.717, 1.165) is 19.5 Å². The molecule has 1 N–H and O–H groups in total. The average Bonchev–Trinajstić information content (AvgIpc) is 2.27. The van der Waals surface area contributed by atoms with Gasteiger partial charge in [-0.25, -0.2) is 4.79 Å². The van der Waals surface area contributed by atoms with Gasteiger partial charge in [-0.15, -0.1) is 0 Å². The highest BCUT2D eigenvalue weighted by molar-refractivity contribution is 5.68. The van der Waals surface area contributed by atoms with Crippen LogP contribution in [0, 0.1) is 5.92 Å². The maximum Gasteiger partial charge on any atom is 0.410 e. The zero-order valence-electron chi connectivity index (χ0n) is 12.0. The molecule has 3 unspecified atom stereocenters. The summed E-state index contributed by atoms with van der Waals surface area (Å²) >= 11 is 0. The summed E-state index contributed by atoms with van der Waals surface area (Å²) in [5.74, 6) is 0.583. The molecule has 4 heteroatoms. The van der Waals surface area contributed by atoms with E-state index in [1.807, 2.05) is 25.7 Å². The Morgan fingerprint density at radius 1 is 1.33 bits per heavy atom. The van der Waals surface area contributed by atoms with Gasteiger partial charge in [0.1, 0.15) is 5.60 Å². The molecule has 2 aliphatic heterocycles. The van der Waals surface area contributed by atoms with E-state index in [2.05, 4.69) is 12.2 Å². The van der Waals surface area contributed by atoms with Gasteiger partial charge in [-0.05, 0) is 59.4 Å². The van der Waals surface area contributed by atoms with Crippen molar-refractivity contribution in [1.82, 2.24) is 10.2 Å². The van der Waals surface area contributed by atoms with Crippen LogP contribution in [0.25, 0.3) is 0 Å². The van der Waals surface area contributed by atoms with Crippen LogP contribution in [0.5, 0.6) is 0 Å². The van der Waals surface area contributed by atoms with Gasteiger partial charge >= 0.3 is 6.09 Å². The first-order valence-corrected chi connectivity index (χ1v) is 7.11. The largest absolute Gasteiger partial charge is 0.444 e. The van der Waals surface area contributed by atoms with Crippen LogP contribution in [0.2, 0.25) is 0 Å². The van der Waals surface area contributed by atoms with Crippen LogP contribution in [-0.4, -0.2) is 41.8 Å². The van der Waals surface area contributed by atoms with Crippen molar-refractivity contribution in [3.05, 3.63) is 0 Å². The first-order valence-electron chi connectivity index (χ1n) is 7.11. The molecule has 104 valence electrons. The van der Waals surface area contributed by atoms with Crippen molar-refractivity contribution in [2.24, 2.45) is 5.92 Å². The Morgan fingerprint density at radius 3 is 2.72 bits per heavy atom. The minimum absolute atomic E-state index is 0.154. The van der Waals surface area contributed by atoms with E-state index in [-0.39, 0.29) is 12.1 Å². The molecule has 18 heavy (non-hydrogen) atoms. The van der Waals surface area contributed by atoms with Crippen molar-refractivity contribution >= 4 is 6.09 Å². The molecule has 2 saturated heterocycles. The van der Waals surface area contributed by atoms with Crippen molar-refractivity contribution in [2.75, 3.05) is 13.1 Å². The Balaban J connectivity index is 2.00. The zero-order valence-corrected chi connectivity index (χ0v) is 12.0. The van der Waals surface area contributed by atoms with Crippen LogP contribution < -0.4 is 5.32 Å². The second-order valence-electron chi connectivity index (χ2n) is 6.57. The zero-order chi connectivity index (χ0) is 13.3. The number of fused-ring (bicyclic) bond motifs is 1. The average molecular weight is 254 g/mol. The third-order valence-electron chi connectivity index (χ3n) is 4.06. The van der Waals surface area contributed by atoms with Crippen LogP contribution in [0.3, 0.4) is 0 Å². The molecular formula is C14H26N2O2. The molecule has 0 bridgehead atoms. The number of carbonyl (C=O) groups is 1. The van der Waals surface area contributed by atoms with E-state index in [1.165, 1.54) is 12.8 Å². The Labute approximate surface area is 110 Å². The van der Waals surface area contributed by atoms with Gasteiger partial charge in [0.05, 0.1) is 0 Å². The van der Waals surface area contributed by atoms with Gasteiger partial charge in [-0.3, -0.25) is 0 Å². The molecule has 0 aromatic rings. The number of hydrogen-bond acceptors (Lipinski definition) is 3. The summed E-state index contributed by atoms with van der Waals surface area (Å²) in [6.45, 7) is 9.86. The fraction of sp³-hybridized carbons (Fsp3) is 0.929. The van der Waals surface area contributed by atoms with Gasteiger partial charge in [0, 0.05) is 18.6 Å². The summed E-state index contributed by atoms with van der Waals surface area (Å²) in [6, 6.07) is 0.874. The lowest BCUT2D eigenvalue weighted by Gasteiger charge is -2.46. The molecular weight excluding hydrogens is 228 g/mol. The monoisotopic (exact) mass is 254 g/mol. The van der Waals surface area contributed by atoms with Crippen molar-refractivity contribution in [3.8, 4) is 0 Å². The van der Waals surface area contributed by atoms with E-state index in [4.69, 9.17) is 4.74 Å². The number of piperidine rings is 2. The number of likely N-dealkylation sites (tertiary alicyclic amines) is 1. The third-order valence-corrected chi connectivity index (χ3v) is 4.06. The number of hydrogen-bond donors (Lipinski definition) is 1. The lowest BCUT2D eigenvalue weighted by Crippen LogP contribution is -2.58. The number of amides is 1. The van der Waals surface area contributed by atoms with Gasteiger partial charge in [0.2, 0.25) is 0 Å². The van der Waals surface area contributed by atoms with Crippen LogP contribution in [0.4, 0.5) is 4.79 Å². The Hall–Kier alpha value is -0.770. The summed E-state index contributed by atoms with van der Waals surface area (Å²) < 4.78 is 5.49. The minimum Gasteiger partial charge on any atom is -0.444 e. The van der Waals surface area contributed by atoms with Crippen molar-refractivity contribution < 1.29 is 9.53 Å². The molecule has 1 amide bonds. The topological polar surface area (TPSA) is 41.6 Å². The predicted molar refractivity (Wildman–Crippen MR) is 71.5 cm³/mol. The van der Waals surface area contributed by atoms with Gasteiger partial charge in [0.15, 0.2) is 0 Å². The highest BCUT2D eigenvalue weighted by Crippen LogP contribution is 2.31. The SMILES string of the molecule is CC1C2CCCNC2CCN1C(=O)OC(C)(C)C. The maximum absolute atomic E-state index is 12.2. The van der Waals surface area contributed by atoms with Gasteiger partial charge in [-0.2, -0.15) is 0 Å². The molecule has 3 atom stereocenters. The molecule has 4 nitrogen and oxygen atoms in total. The van der Waals surface area contributed by atoms with E-state index < -0.39 is 5.60 Å². The second kappa shape index (κ2) is 5.08. The molecule has 2 rings (SSSR count). The first-order chi connectivity index (χ1) is 8.38. The summed E-state index contributed by atoms with van der Waals surface area (Å²) in [6.07, 6.45) is 3.33. The number of carbonyl (C=O) groups excluding carboxylic acids is 1. The lowest BCUT2D eigenvalue weighted by atomic mass is 9.80. The lowest BCUT2D eigenvalue weighted by molar-refractivity contribution is -0.00662. The molecule has 2 aliphatic rings. The van der Waals surface area contributed by atoms with Crippen molar-refractivity contribution in [1.29, 1.82) is 0 Å². The van der Waals surface area contributed by atoms with Crippen LogP contribution >= 0.6 is 0 Å². The fourth-order valence-corrected chi connectivity index (χ4v) is 3.16. The third kappa shape index (κ3) is 2.97. The van der Waals surface area contributed by atoms with E-state index in [1.54, 1.807) is 0 Å². The molecule has 2 fully saturated rings. The summed E-state index contributed by atoms with van der Waals surface area (Å²) in [7, 11) is 0. The molecule has 0 aromatic carbocycles. The Bertz CT molecular complexity index is 311. The molecule has 0 radical (unpaired) electrons. The number of nitrogens with zero attached hydrogens (tertiary/aromatic N) is 1. The Kier molecular flexibility index (Phi) is 3.85.